The van der Waals surface area contributed by atoms with Crippen molar-refractivity contribution in [2.75, 3.05) is 43.1 Å². The fourth-order valence-corrected chi connectivity index (χ4v) is 9.91. The van der Waals surface area contributed by atoms with Gasteiger partial charge in [0.25, 0.3) is 11.8 Å². The first-order valence-corrected chi connectivity index (χ1v) is 26.2. The first kappa shape index (κ1) is 54.8. The van der Waals surface area contributed by atoms with Crippen molar-refractivity contribution in [3.63, 3.8) is 0 Å². The van der Waals surface area contributed by atoms with Gasteiger partial charge < -0.3 is 35.3 Å². The zero-order chi connectivity index (χ0) is 54.5. The van der Waals surface area contributed by atoms with Crippen molar-refractivity contribution in [1.29, 1.82) is 0 Å². The van der Waals surface area contributed by atoms with Gasteiger partial charge in [0.2, 0.25) is 45.5 Å². The molecule has 0 radical (unpaired) electrons. The number of aliphatic carboxylic acids is 1. The van der Waals surface area contributed by atoms with Gasteiger partial charge in [-0.3, -0.25) is 58.5 Å². The smallest absolute Gasteiger partial charge is 0.321 e. The number of sulfonamides is 1. The average molecular weight is 1070 g/mol. The minimum absolute atomic E-state index is 0.0150. The van der Waals surface area contributed by atoms with Crippen LogP contribution in [0.1, 0.15) is 75.8 Å². The number of anilines is 2. The average Bonchev–Trinajstić information content (AvgIpc) is 4.17. The van der Waals surface area contributed by atoms with E-state index >= 15 is 0 Å². The van der Waals surface area contributed by atoms with E-state index in [2.05, 4.69) is 25.8 Å². The summed E-state index contributed by atoms with van der Waals surface area (Å²) in [7, 11) is -2.54. The molecular formula is C47H57N15O11S2. The van der Waals surface area contributed by atoms with Gasteiger partial charge in [0.05, 0.1) is 44.7 Å². The molecule has 1 fully saturated rings. The number of thioether (sulfide) groups is 1. The number of carboxylic acids is 1. The number of aromatic nitrogens is 8. The number of amides is 6. The lowest BCUT2D eigenvalue weighted by atomic mass is 10.1. The Morgan fingerprint density at radius 3 is 2.09 bits per heavy atom. The van der Waals surface area contributed by atoms with E-state index in [9.17, 15) is 42.0 Å². The van der Waals surface area contributed by atoms with Gasteiger partial charge in [-0.05, 0) is 76.6 Å². The predicted molar refractivity (Wildman–Crippen MR) is 275 cm³/mol. The van der Waals surface area contributed by atoms with Crippen molar-refractivity contribution >= 4 is 97.2 Å². The van der Waals surface area contributed by atoms with Gasteiger partial charge in [0.1, 0.15) is 28.7 Å². The number of fused-ring (bicyclic) bond motifs is 2. The van der Waals surface area contributed by atoms with Crippen LogP contribution in [-0.2, 0) is 55.4 Å². The van der Waals surface area contributed by atoms with Crippen LogP contribution < -0.4 is 32.0 Å². The third-order valence-corrected chi connectivity index (χ3v) is 14.3. The summed E-state index contributed by atoms with van der Waals surface area (Å²) in [6.45, 7) is 8.20. The van der Waals surface area contributed by atoms with Gasteiger partial charge in [-0.15, -0.1) is 11.8 Å². The van der Waals surface area contributed by atoms with Crippen LogP contribution in [0.2, 0.25) is 0 Å². The standard InChI is InChI=1S/C47H57N15O11S2/c1-6-61-34(19-26(3)55-61)42(66)53-46-51-31-23-29(75(50,71)72)11-12-33(31)58(46)15-8-9-16-60-40-32(52-47(60)54-43(67)35-20-27(4)56-62(35)7-2)21-28(41(49)65)22-36(40)73-18-10-14-57(5)38(63)13-17-59-39(64)24-37(44(59)68)74-25-30(48)45(69)70/h8-9,11-12,19-23,30,37H,6-7,10,13-18,24-25,48H2,1-5H3,(H2,49,65)(H,69,70)(H2,50,71,72)(H,51,53,66)(H,52,54,67)/b9-8+/t30-,37?/m0/s1. The third-order valence-electron chi connectivity index (χ3n) is 12.1. The fraction of sp³-hybridized carbons (Fsp3) is 0.383. The molecule has 0 bridgehead atoms. The van der Waals surface area contributed by atoms with E-state index in [1.54, 1.807) is 59.0 Å². The normalized spacial score (nSPS) is 14.3. The fourth-order valence-electron chi connectivity index (χ4n) is 8.27. The number of nitrogens with two attached hydrogens (primary N) is 3. The summed E-state index contributed by atoms with van der Waals surface area (Å²) < 4.78 is 37.3. The molecule has 7 rings (SSSR count). The quantitative estimate of drug-likeness (QED) is 0.0286. The van der Waals surface area contributed by atoms with Crippen molar-refractivity contribution < 1.29 is 51.8 Å². The predicted octanol–water partition coefficient (Wildman–Crippen LogP) is 1.83. The van der Waals surface area contributed by atoms with Crippen molar-refractivity contribution in [2.24, 2.45) is 16.6 Å². The number of imide groups is 1. The molecule has 0 saturated carbocycles. The summed E-state index contributed by atoms with van der Waals surface area (Å²) >= 11 is 0.988. The Kier molecular flexibility index (Phi) is 16.9. The molecule has 5 heterocycles. The number of benzene rings is 2. The third kappa shape index (κ3) is 12.5. The summed E-state index contributed by atoms with van der Waals surface area (Å²) in [5, 5.41) is 28.2. The number of primary sulfonamides is 1. The van der Waals surface area contributed by atoms with Crippen LogP contribution in [0.4, 0.5) is 11.9 Å². The Hall–Kier alpha value is -7.95. The lowest BCUT2D eigenvalue weighted by molar-refractivity contribution is -0.140. The second kappa shape index (κ2) is 23.1. The molecule has 2 atom stereocenters. The zero-order valence-electron chi connectivity index (χ0n) is 41.7. The highest BCUT2D eigenvalue weighted by molar-refractivity contribution is 8.00. The second-order valence-corrected chi connectivity index (χ2v) is 20.3. The van der Waals surface area contributed by atoms with Gasteiger partial charge >= 0.3 is 5.97 Å². The lowest BCUT2D eigenvalue weighted by Crippen LogP contribution is -2.37. The molecule has 1 unspecified atom stereocenters. The molecule has 28 heteroatoms. The summed E-state index contributed by atoms with van der Waals surface area (Å²) in [6, 6.07) is 9.14. The highest BCUT2D eigenvalue weighted by atomic mass is 32.2. The maximum atomic E-state index is 13.9. The SMILES string of the molecule is CCn1nc(C)cc1C(=O)Nc1nc2cc(S(N)(=O)=O)ccc2n1C/C=C/Cn1c(NC(=O)c2cc(C)nn2CC)nc2cc(C(N)=O)cc(OCCCN(C)C(=O)CCN3C(=O)CC(SC[C@H](N)C(=O)O)C3=O)c21. The van der Waals surface area contributed by atoms with Crippen LogP contribution in [0, 0.1) is 13.8 Å². The van der Waals surface area contributed by atoms with Crippen LogP contribution in [0.5, 0.6) is 5.75 Å². The minimum Gasteiger partial charge on any atom is -0.491 e. The number of nitrogens with zero attached hydrogens (tertiary/aromatic N) is 10. The first-order valence-electron chi connectivity index (χ1n) is 23.6. The molecule has 6 amide bonds. The zero-order valence-corrected chi connectivity index (χ0v) is 43.3. The molecule has 26 nitrogen and oxygen atoms in total. The van der Waals surface area contributed by atoms with Crippen molar-refractivity contribution in [3.8, 4) is 5.75 Å². The maximum absolute atomic E-state index is 13.9. The van der Waals surface area contributed by atoms with Gasteiger partial charge in [-0.25, -0.2) is 23.5 Å². The van der Waals surface area contributed by atoms with E-state index in [-0.39, 0.29) is 114 Å². The van der Waals surface area contributed by atoms with Crippen LogP contribution in [0.3, 0.4) is 0 Å². The summed E-state index contributed by atoms with van der Waals surface area (Å²) in [5.74, 6) is -4.07. The van der Waals surface area contributed by atoms with E-state index in [1.807, 2.05) is 13.8 Å². The molecule has 4 aromatic heterocycles. The van der Waals surface area contributed by atoms with Gasteiger partial charge in [-0.2, -0.15) is 10.2 Å². The number of hydrogen-bond donors (Lipinski definition) is 6. The number of nitrogens with one attached hydrogen (secondary N) is 2. The van der Waals surface area contributed by atoms with Crippen molar-refractivity contribution in [3.05, 3.63) is 83.0 Å². The van der Waals surface area contributed by atoms with E-state index < -0.39 is 56.8 Å². The molecule has 2 aromatic carbocycles. The summed E-state index contributed by atoms with van der Waals surface area (Å²) in [5.41, 5.74) is 14.5. The maximum Gasteiger partial charge on any atom is 0.321 e. The molecule has 0 spiro atoms. The Labute approximate surface area is 433 Å². The number of hydrogen-bond acceptors (Lipinski definition) is 16. The van der Waals surface area contributed by atoms with Gasteiger partial charge in [0, 0.05) is 70.5 Å². The first-order chi connectivity index (χ1) is 35.6. The number of imidazole rings is 2. The number of ether oxygens (including phenoxy) is 1. The number of allylic oxidation sites excluding steroid dienone is 2. The molecule has 6 aromatic rings. The Balaban J connectivity index is 1.13. The summed E-state index contributed by atoms with van der Waals surface area (Å²) in [6.07, 6.45) is 3.52. The Morgan fingerprint density at radius 2 is 1.51 bits per heavy atom. The largest absolute Gasteiger partial charge is 0.491 e. The van der Waals surface area contributed by atoms with E-state index in [0.29, 0.717) is 35.5 Å². The van der Waals surface area contributed by atoms with Gasteiger partial charge in [0.15, 0.2) is 0 Å². The molecule has 1 aliphatic heterocycles. The Bertz CT molecular complexity index is 3380. The number of likely N-dealkylation sites (tertiary alicyclic amines) is 1. The summed E-state index contributed by atoms with van der Waals surface area (Å²) in [4.78, 5) is 102. The molecule has 398 valence electrons. The molecule has 75 heavy (non-hydrogen) atoms. The van der Waals surface area contributed by atoms with Crippen LogP contribution in [0.25, 0.3) is 22.1 Å². The Morgan fingerprint density at radius 1 is 0.907 bits per heavy atom. The topological polar surface area (TPSA) is 363 Å². The van der Waals surface area contributed by atoms with Crippen LogP contribution in [0.15, 0.2) is 59.5 Å². The molecule has 1 aliphatic rings. The van der Waals surface area contributed by atoms with E-state index in [4.69, 9.17) is 31.4 Å². The van der Waals surface area contributed by atoms with E-state index in [1.165, 1.54) is 39.9 Å². The monoisotopic (exact) mass is 1070 g/mol. The minimum atomic E-state index is -4.10. The highest BCUT2D eigenvalue weighted by Crippen LogP contribution is 2.32. The number of carbonyl (C=O) groups is 7. The van der Waals surface area contributed by atoms with Crippen molar-refractivity contribution in [2.45, 2.75) is 89.3 Å². The van der Waals surface area contributed by atoms with Crippen molar-refractivity contribution in [1.82, 2.24) is 48.5 Å². The van der Waals surface area contributed by atoms with Crippen LogP contribution >= 0.6 is 11.8 Å². The molecule has 1 saturated heterocycles. The molecule has 9 N–H and O–H groups in total. The number of carboxylic acid groups (broad SMARTS) is 1. The highest BCUT2D eigenvalue weighted by Gasteiger charge is 2.39. The second-order valence-electron chi connectivity index (χ2n) is 17.5. The molecule has 0 aliphatic carbocycles. The number of aryl methyl sites for hydroxylation is 4. The van der Waals surface area contributed by atoms with Gasteiger partial charge in [-0.1, -0.05) is 12.2 Å². The lowest BCUT2D eigenvalue weighted by Gasteiger charge is -2.20. The number of carbonyl (C=O) groups excluding carboxylic acids is 6. The molecular weight excluding hydrogens is 1010 g/mol. The van der Waals surface area contributed by atoms with Crippen LogP contribution in [-0.4, -0.2) is 147 Å². The van der Waals surface area contributed by atoms with E-state index in [0.717, 1.165) is 16.7 Å². The number of primary amides is 1. The number of rotatable bonds is 24.